The van der Waals surface area contributed by atoms with Crippen LogP contribution in [0.2, 0.25) is 0 Å². The number of aromatic nitrogens is 2. The molecule has 0 atom stereocenters. The Morgan fingerprint density at radius 1 is 1.62 bits per heavy atom. The van der Waals surface area contributed by atoms with Crippen LogP contribution >= 0.6 is 11.3 Å². The minimum atomic E-state index is -0.0316. The topological polar surface area (TPSA) is 73.4 Å². The molecule has 2 aromatic rings. The summed E-state index contributed by atoms with van der Waals surface area (Å²) in [4.78, 5) is 20.3. The van der Waals surface area contributed by atoms with E-state index in [1.54, 1.807) is 17.4 Å². The summed E-state index contributed by atoms with van der Waals surface area (Å²) in [5.41, 5.74) is 3.32. The number of rotatable bonds is 3. The Labute approximate surface area is 95.6 Å². The Morgan fingerprint density at radius 3 is 3.12 bits per heavy atom. The average Bonchev–Trinajstić information content (AvgIpc) is 2.61. The Balaban J connectivity index is 2.27. The summed E-state index contributed by atoms with van der Waals surface area (Å²) in [6.45, 7) is 0. The highest BCUT2D eigenvalue weighted by molar-refractivity contribution is 7.22. The third-order valence-corrected chi connectivity index (χ3v) is 2.73. The molecule has 7 heteroatoms. The van der Waals surface area contributed by atoms with Gasteiger partial charge in [0.1, 0.15) is 11.0 Å². The van der Waals surface area contributed by atoms with E-state index in [-0.39, 0.29) is 5.43 Å². The zero-order chi connectivity index (χ0) is 11.5. The van der Waals surface area contributed by atoms with Crippen molar-refractivity contribution < 1.29 is 0 Å². The highest BCUT2D eigenvalue weighted by Gasteiger charge is 2.05. The molecule has 0 aromatic carbocycles. The van der Waals surface area contributed by atoms with E-state index in [0.717, 1.165) is 0 Å². The highest BCUT2D eigenvalue weighted by atomic mass is 32.1. The Bertz CT molecular complexity index is 571. The number of nitrogens with zero attached hydrogens (tertiary/aromatic N) is 3. The van der Waals surface area contributed by atoms with Gasteiger partial charge in [0.05, 0.1) is 0 Å². The Hall–Kier alpha value is -1.89. The van der Waals surface area contributed by atoms with Gasteiger partial charge >= 0.3 is 0 Å². The number of thiazole rings is 1. The van der Waals surface area contributed by atoms with Gasteiger partial charge in [0.15, 0.2) is 5.65 Å². The fourth-order valence-electron chi connectivity index (χ4n) is 1.10. The number of hydrogen-bond donors (Lipinski definition) is 2. The third kappa shape index (κ3) is 2.19. The second-order valence-electron chi connectivity index (χ2n) is 3.36. The third-order valence-electron chi connectivity index (χ3n) is 1.75. The lowest BCUT2D eigenvalue weighted by Crippen LogP contribution is -2.08. The van der Waals surface area contributed by atoms with Gasteiger partial charge in [0.2, 0.25) is 10.6 Å². The average molecular weight is 237 g/mol. The number of pyridine rings is 1. The number of aromatic amines is 1. The van der Waals surface area contributed by atoms with Crippen molar-refractivity contribution in [2.75, 3.05) is 19.5 Å². The summed E-state index contributed by atoms with van der Waals surface area (Å²) in [7, 11) is 3.74. The van der Waals surface area contributed by atoms with E-state index in [2.05, 4.69) is 20.5 Å². The van der Waals surface area contributed by atoms with Crippen molar-refractivity contribution in [2.24, 2.45) is 5.10 Å². The summed E-state index contributed by atoms with van der Waals surface area (Å²) in [6.07, 6.45) is 3.20. The molecule has 0 bridgehead atoms. The van der Waals surface area contributed by atoms with Gasteiger partial charge in [-0.3, -0.25) is 10.2 Å². The smallest absolute Gasteiger partial charge is 0.206 e. The first-order valence-corrected chi connectivity index (χ1v) is 5.42. The molecule has 0 saturated carbocycles. The molecular formula is C9H11N5OS. The number of hydrogen-bond acceptors (Lipinski definition) is 5. The first-order chi connectivity index (χ1) is 7.66. The van der Waals surface area contributed by atoms with Crippen LogP contribution in [-0.4, -0.2) is 35.3 Å². The van der Waals surface area contributed by atoms with Gasteiger partial charge in [0.25, 0.3) is 0 Å². The molecule has 0 amide bonds. The maximum absolute atomic E-state index is 11.5. The lowest BCUT2D eigenvalue weighted by atomic mass is 10.5. The molecule has 2 aromatic heterocycles. The number of nitrogens with one attached hydrogen (secondary N) is 2. The number of fused-ring (bicyclic) bond motifs is 1. The van der Waals surface area contributed by atoms with Crippen molar-refractivity contribution in [1.29, 1.82) is 0 Å². The first-order valence-electron chi connectivity index (χ1n) is 4.60. The molecule has 0 unspecified atom stereocenters. The summed E-state index contributed by atoms with van der Waals surface area (Å²) in [6, 6.07) is 1.48. The van der Waals surface area contributed by atoms with Crippen molar-refractivity contribution >= 4 is 33.2 Å². The zero-order valence-electron chi connectivity index (χ0n) is 8.89. The van der Waals surface area contributed by atoms with Crippen LogP contribution < -0.4 is 10.9 Å². The fraction of sp³-hybridized carbons (Fsp3) is 0.222. The first kappa shape index (κ1) is 10.6. The van der Waals surface area contributed by atoms with Gasteiger partial charge < -0.3 is 9.88 Å². The molecule has 6 nitrogen and oxygen atoms in total. The van der Waals surface area contributed by atoms with E-state index < -0.39 is 0 Å². The molecule has 84 valence electrons. The van der Waals surface area contributed by atoms with Crippen molar-refractivity contribution in [1.82, 2.24) is 14.9 Å². The summed E-state index contributed by atoms with van der Waals surface area (Å²) in [5.74, 6) is 0. The lowest BCUT2D eigenvalue weighted by Gasteiger charge is -2.01. The van der Waals surface area contributed by atoms with E-state index in [1.165, 1.54) is 17.4 Å². The van der Waals surface area contributed by atoms with Crippen LogP contribution in [0.5, 0.6) is 0 Å². The van der Waals surface area contributed by atoms with E-state index in [1.807, 2.05) is 14.1 Å². The number of hydrazone groups is 1. The summed E-state index contributed by atoms with van der Waals surface area (Å²) in [5, 5.41) is 4.54. The van der Waals surface area contributed by atoms with Crippen LogP contribution in [0.1, 0.15) is 0 Å². The van der Waals surface area contributed by atoms with Crippen molar-refractivity contribution in [3.8, 4) is 0 Å². The predicted octanol–water partition coefficient (Wildman–Crippen LogP) is 0.901. The normalized spacial score (nSPS) is 11.1. The molecule has 0 aliphatic heterocycles. The van der Waals surface area contributed by atoms with E-state index in [0.29, 0.717) is 15.5 Å². The molecule has 0 spiro atoms. The Kier molecular flexibility index (Phi) is 2.86. The highest BCUT2D eigenvalue weighted by Crippen LogP contribution is 2.20. The van der Waals surface area contributed by atoms with E-state index in [4.69, 9.17) is 0 Å². The van der Waals surface area contributed by atoms with Gasteiger partial charge in [-0.2, -0.15) is 5.10 Å². The van der Waals surface area contributed by atoms with Crippen molar-refractivity contribution in [2.45, 2.75) is 0 Å². The minimum absolute atomic E-state index is 0.0316. The van der Waals surface area contributed by atoms with Crippen molar-refractivity contribution in [3.63, 3.8) is 0 Å². The second kappa shape index (κ2) is 4.31. The van der Waals surface area contributed by atoms with Crippen LogP contribution in [0, 0.1) is 0 Å². The van der Waals surface area contributed by atoms with Gasteiger partial charge in [-0.15, -0.1) is 0 Å². The number of anilines is 1. The van der Waals surface area contributed by atoms with Gasteiger partial charge in [-0.1, -0.05) is 11.3 Å². The van der Waals surface area contributed by atoms with Gasteiger partial charge in [0, 0.05) is 26.4 Å². The molecule has 0 saturated heterocycles. The molecule has 2 N–H and O–H groups in total. The van der Waals surface area contributed by atoms with Crippen molar-refractivity contribution in [3.05, 3.63) is 22.5 Å². The van der Waals surface area contributed by atoms with Crippen LogP contribution in [-0.2, 0) is 0 Å². The zero-order valence-corrected chi connectivity index (χ0v) is 9.71. The predicted molar refractivity (Wildman–Crippen MR) is 66.0 cm³/mol. The summed E-state index contributed by atoms with van der Waals surface area (Å²) < 4.78 is 0.602. The maximum atomic E-state index is 11.5. The lowest BCUT2D eigenvalue weighted by molar-refractivity contribution is 0.641. The van der Waals surface area contributed by atoms with Crippen LogP contribution in [0.4, 0.5) is 5.13 Å². The van der Waals surface area contributed by atoms with Crippen LogP contribution in [0.25, 0.3) is 10.3 Å². The Morgan fingerprint density at radius 2 is 2.44 bits per heavy atom. The second-order valence-corrected chi connectivity index (χ2v) is 4.36. The molecule has 16 heavy (non-hydrogen) atoms. The molecule has 0 aliphatic rings. The van der Waals surface area contributed by atoms with Crippen LogP contribution in [0.3, 0.4) is 0 Å². The fourth-order valence-corrected chi connectivity index (χ4v) is 1.90. The van der Waals surface area contributed by atoms with Gasteiger partial charge in [-0.05, 0) is 0 Å². The summed E-state index contributed by atoms with van der Waals surface area (Å²) >= 11 is 1.28. The standard InChI is InChI=1S/C9H11N5OS/c1-14(2)5-11-13-9-12-8-7(16-9)6(15)3-4-10-8/h3-5H,1-2H3,(H2,10,12,13,15)/b11-5+. The van der Waals surface area contributed by atoms with Crippen LogP contribution in [0.15, 0.2) is 22.2 Å². The van der Waals surface area contributed by atoms with E-state index in [9.17, 15) is 4.79 Å². The van der Waals surface area contributed by atoms with Gasteiger partial charge in [-0.25, -0.2) is 4.98 Å². The molecule has 2 rings (SSSR count). The largest absolute Gasteiger partial charge is 0.367 e. The molecule has 0 radical (unpaired) electrons. The minimum Gasteiger partial charge on any atom is -0.367 e. The maximum Gasteiger partial charge on any atom is 0.206 e. The molecule has 0 aliphatic carbocycles. The monoisotopic (exact) mass is 237 g/mol. The molecule has 0 fully saturated rings. The number of H-pyrrole nitrogens is 1. The SMILES string of the molecule is CN(C)/C=N/Nc1nc2[nH]ccc(=O)c2s1. The molecular weight excluding hydrogens is 226 g/mol. The quantitative estimate of drug-likeness (QED) is 0.472. The van der Waals surface area contributed by atoms with E-state index >= 15 is 0 Å². The molecule has 2 heterocycles.